The van der Waals surface area contributed by atoms with E-state index >= 15 is 0 Å². The van der Waals surface area contributed by atoms with Crippen LogP contribution in [0.1, 0.15) is 26.3 Å². The molecule has 1 heterocycles. The lowest BCUT2D eigenvalue weighted by molar-refractivity contribution is 0.284. The second-order valence-electron chi connectivity index (χ2n) is 4.00. The molecule has 0 bridgehead atoms. The van der Waals surface area contributed by atoms with E-state index in [9.17, 15) is 0 Å². The van der Waals surface area contributed by atoms with Gasteiger partial charge in [0.25, 0.3) is 0 Å². The Bertz CT molecular complexity index is 343. The Morgan fingerprint density at radius 1 is 1.24 bits per heavy atom. The van der Waals surface area contributed by atoms with Crippen molar-refractivity contribution >= 4 is 0 Å². The molecule has 0 aliphatic rings. The van der Waals surface area contributed by atoms with Gasteiger partial charge in [0, 0.05) is 12.6 Å². The van der Waals surface area contributed by atoms with Gasteiger partial charge in [-0.05, 0) is 13.8 Å². The van der Waals surface area contributed by atoms with Gasteiger partial charge in [-0.1, -0.05) is 13.8 Å². The fraction of sp³-hybridized carbons (Fsp3) is 0.667. The Labute approximate surface area is 103 Å². The monoisotopic (exact) mass is 239 g/mol. The molecule has 0 aliphatic carbocycles. The predicted molar refractivity (Wildman–Crippen MR) is 66.6 cm³/mol. The third-order valence-corrected chi connectivity index (χ3v) is 2.17. The van der Waals surface area contributed by atoms with E-state index in [1.165, 1.54) is 6.33 Å². The summed E-state index contributed by atoms with van der Waals surface area (Å²) >= 11 is 0. The van der Waals surface area contributed by atoms with Crippen LogP contribution in [0.5, 0.6) is 11.8 Å². The quantitative estimate of drug-likeness (QED) is 0.732. The molecule has 0 fully saturated rings. The van der Waals surface area contributed by atoms with Gasteiger partial charge < -0.3 is 14.8 Å². The zero-order chi connectivity index (χ0) is 12.7. The molecule has 0 aliphatic heterocycles. The molecule has 0 unspecified atom stereocenters. The standard InChI is InChI=1S/C12H21N3O2/c1-5-16-11-10(4)12(15-8-14-11)17-7-6-13-9(2)3/h8-9,13H,5-7H2,1-4H3. The average molecular weight is 239 g/mol. The van der Waals surface area contributed by atoms with Crippen LogP contribution in [0.4, 0.5) is 0 Å². The summed E-state index contributed by atoms with van der Waals surface area (Å²) in [6.07, 6.45) is 1.46. The van der Waals surface area contributed by atoms with Gasteiger partial charge in [0.15, 0.2) is 0 Å². The molecule has 0 saturated heterocycles. The van der Waals surface area contributed by atoms with E-state index in [4.69, 9.17) is 9.47 Å². The van der Waals surface area contributed by atoms with Crippen molar-refractivity contribution in [3.8, 4) is 11.8 Å². The second-order valence-corrected chi connectivity index (χ2v) is 4.00. The van der Waals surface area contributed by atoms with E-state index in [1.54, 1.807) is 0 Å². The van der Waals surface area contributed by atoms with Crippen molar-refractivity contribution in [2.45, 2.75) is 33.7 Å². The van der Waals surface area contributed by atoms with E-state index in [0.717, 1.165) is 12.1 Å². The molecule has 0 saturated carbocycles. The summed E-state index contributed by atoms with van der Waals surface area (Å²) in [6.45, 7) is 10.00. The van der Waals surface area contributed by atoms with Crippen LogP contribution in [0, 0.1) is 6.92 Å². The summed E-state index contributed by atoms with van der Waals surface area (Å²) in [5.74, 6) is 1.18. The van der Waals surface area contributed by atoms with Gasteiger partial charge in [0.1, 0.15) is 12.9 Å². The maximum atomic E-state index is 5.58. The average Bonchev–Trinajstić information content (AvgIpc) is 2.29. The highest BCUT2D eigenvalue weighted by molar-refractivity contribution is 5.32. The van der Waals surface area contributed by atoms with Crippen molar-refractivity contribution in [2.24, 2.45) is 0 Å². The van der Waals surface area contributed by atoms with E-state index in [0.29, 0.717) is 31.0 Å². The predicted octanol–water partition coefficient (Wildman–Crippen LogP) is 1.56. The third kappa shape index (κ3) is 4.56. The van der Waals surface area contributed by atoms with Crippen LogP contribution >= 0.6 is 0 Å². The van der Waals surface area contributed by atoms with Crippen molar-refractivity contribution in [3.05, 3.63) is 11.9 Å². The topological polar surface area (TPSA) is 56.3 Å². The molecule has 96 valence electrons. The zero-order valence-corrected chi connectivity index (χ0v) is 11.0. The molecular weight excluding hydrogens is 218 g/mol. The van der Waals surface area contributed by atoms with Crippen LogP contribution < -0.4 is 14.8 Å². The van der Waals surface area contributed by atoms with Crippen molar-refractivity contribution in [1.82, 2.24) is 15.3 Å². The maximum Gasteiger partial charge on any atom is 0.223 e. The number of nitrogens with zero attached hydrogens (tertiary/aromatic N) is 2. The lowest BCUT2D eigenvalue weighted by atomic mass is 10.3. The SMILES string of the molecule is CCOc1ncnc(OCCNC(C)C)c1C. The molecule has 0 atom stereocenters. The molecule has 0 aromatic carbocycles. The minimum Gasteiger partial charge on any atom is -0.478 e. The van der Waals surface area contributed by atoms with Gasteiger partial charge in [-0.15, -0.1) is 0 Å². The highest BCUT2D eigenvalue weighted by atomic mass is 16.5. The van der Waals surface area contributed by atoms with Crippen molar-refractivity contribution in [1.29, 1.82) is 0 Å². The maximum absolute atomic E-state index is 5.58. The largest absolute Gasteiger partial charge is 0.478 e. The van der Waals surface area contributed by atoms with Crippen molar-refractivity contribution in [2.75, 3.05) is 19.8 Å². The Kier molecular flexibility index (Phi) is 5.69. The minimum atomic E-state index is 0.462. The second kappa shape index (κ2) is 7.06. The molecule has 1 N–H and O–H groups in total. The summed E-state index contributed by atoms with van der Waals surface area (Å²) in [4.78, 5) is 8.15. The Morgan fingerprint density at radius 3 is 2.47 bits per heavy atom. The van der Waals surface area contributed by atoms with Crippen molar-refractivity contribution in [3.63, 3.8) is 0 Å². The Balaban J connectivity index is 2.50. The first-order valence-corrected chi connectivity index (χ1v) is 5.95. The summed E-state index contributed by atoms with van der Waals surface area (Å²) in [5.41, 5.74) is 0.846. The van der Waals surface area contributed by atoms with Crippen LogP contribution in [-0.2, 0) is 0 Å². The number of hydrogen-bond acceptors (Lipinski definition) is 5. The van der Waals surface area contributed by atoms with Gasteiger partial charge in [-0.2, -0.15) is 0 Å². The first-order chi connectivity index (χ1) is 8.15. The first kappa shape index (κ1) is 13.7. The summed E-state index contributed by atoms with van der Waals surface area (Å²) < 4.78 is 11.0. The van der Waals surface area contributed by atoms with Crippen LogP contribution in [-0.4, -0.2) is 35.8 Å². The molecule has 17 heavy (non-hydrogen) atoms. The van der Waals surface area contributed by atoms with E-state index in [2.05, 4.69) is 29.1 Å². The minimum absolute atomic E-state index is 0.462. The molecule has 1 aromatic rings. The van der Waals surface area contributed by atoms with Crippen LogP contribution in [0.25, 0.3) is 0 Å². The molecule has 5 heteroatoms. The third-order valence-electron chi connectivity index (χ3n) is 2.17. The lowest BCUT2D eigenvalue weighted by Gasteiger charge is -2.12. The zero-order valence-electron chi connectivity index (χ0n) is 11.0. The molecular formula is C12H21N3O2. The van der Waals surface area contributed by atoms with Gasteiger partial charge in [-0.25, -0.2) is 9.97 Å². The highest BCUT2D eigenvalue weighted by Crippen LogP contribution is 2.21. The normalized spacial score (nSPS) is 10.6. The molecule has 0 amide bonds. The van der Waals surface area contributed by atoms with Crippen LogP contribution in [0.15, 0.2) is 6.33 Å². The van der Waals surface area contributed by atoms with Gasteiger partial charge >= 0.3 is 0 Å². The van der Waals surface area contributed by atoms with Crippen LogP contribution in [0.2, 0.25) is 0 Å². The van der Waals surface area contributed by atoms with Gasteiger partial charge in [0.2, 0.25) is 11.8 Å². The number of ether oxygens (including phenoxy) is 2. The smallest absolute Gasteiger partial charge is 0.223 e. The number of rotatable bonds is 7. The molecule has 1 aromatic heterocycles. The summed E-state index contributed by atoms with van der Waals surface area (Å²) in [6, 6.07) is 0.462. The summed E-state index contributed by atoms with van der Waals surface area (Å²) in [5, 5.41) is 3.28. The highest BCUT2D eigenvalue weighted by Gasteiger charge is 2.08. The Hall–Kier alpha value is -1.36. The van der Waals surface area contributed by atoms with E-state index < -0.39 is 0 Å². The number of hydrogen-bond donors (Lipinski definition) is 1. The fourth-order valence-corrected chi connectivity index (χ4v) is 1.34. The molecule has 0 spiro atoms. The molecule has 5 nitrogen and oxygen atoms in total. The first-order valence-electron chi connectivity index (χ1n) is 5.95. The summed E-state index contributed by atoms with van der Waals surface area (Å²) in [7, 11) is 0. The van der Waals surface area contributed by atoms with Crippen LogP contribution in [0.3, 0.4) is 0 Å². The Morgan fingerprint density at radius 2 is 1.88 bits per heavy atom. The van der Waals surface area contributed by atoms with Crippen molar-refractivity contribution < 1.29 is 9.47 Å². The fourth-order valence-electron chi connectivity index (χ4n) is 1.34. The molecule has 1 rings (SSSR count). The van der Waals surface area contributed by atoms with Gasteiger partial charge in [0.05, 0.1) is 12.2 Å². The van der Waals surface area contributed by atoms with E-state index in [1.807, 2.05) is 13.8 Å². The number of nitrogens with one attached hydrogen (secondary N) is 1. The number of aromatic nitrogens is 2. The lowest BCUT2D eigenvalue weighted by Crippen LogP contribution is -2.27. The van der Waals surface area contributed by atoms with E-state index in [-0.39, 0.29) is 0 Å². The molecule has 0 radical (unpaired) electrons. The van der Waals surface area contributed by atoms with Gasteiger partial charge in [-0.3, -0.25) is 0 Å².